The van der Waals surface area contributed by atoms with Gasteiger partial charge in [-0.05, 0) is 76.2 Å². The minimum atomic E-state index is -0.960. The maximum absolute atomic E-state index is 13.7. The number of carbonyl (C=O) groups excluding carboxylic acids is 7. The second-order valence-corrected chi connectivity index (χ2v) is 24.0. The zero-order chi connectivity index (χ0) is 61.9. The van der Waals surface area contributed by atoms with E-state index in [1.165, 1.54) is 130 Å². The summed E-state index contributed by atoms with van der Waals surface area (Å²) in [5.41, 5.74) is 2.93. The molecule has 1 aromatic rings. The van der Waals surface area contributed by atoms with Gasteiger partial charge in [-0.15, -0.1) is 0 Å². The number of fused-ring (bicyclic) bond motifs is 1. The highest BCUT2D eigenvalue weighted by Gasteiger charge is 2.35. The Morgan fingerprint density at radius 3 is 1.43 bits per heavy atom. The molecule has 0 saturated carbocycles. The number of rotatable bonds is 51. The molecule has 0 saturated heterocycles. The molecule has 1 aromatic carbocycles. The van der Waals surface area contributed by atoms with E-state index >= 15 is 0 Å². The van der Waals surface area contributed by atoms with Gasteiger partial charge in [0.25, 0.3) is 0 Å². The number of hydrogen-bond acceptors (Lipinski definition) is 15. The van der Waals surface area contributed by atoms with Gasteiger partial charge in [0.1, 0.15) is 31.1 Å². The van der Waals surface area contributed by atoms with Crippen molar-refractivity contribution in [1.82, 2.24) is 0 Å². The fourth-order valence-electron chi connectivity index (χ4n) is 10.7. The Morgan fingerprint density at radius 2 is 0.964 bits per heavy atom. The van der Waals surface area contributed by atoms with Crippen LogP contribution in [0.3, 0.4) is 0 Å². The Balaban J connectivity index is 1.89. The normalized spacial score (nSPS) is 13.6. The van der Waals surface area contributed by atoms with Gasteiger partial charge in [-0.2, -0.15) is 0 Å². The van der Waals surface area contributed by atoms with E-state index in [4.69, 9.17) is 37.9 Å². The number of unbranched alkanes of at least 4 members (excludes halogenated alkanes) is 25. The van der Waals surface area contributed by atoms with Crippen LogP contribution in [0.4, 0.5) is 0 Å². The van der Waals surface area contributed by atoms with Crippen molar-refractivity contribution in [2.75, 3.05) is 34.0 Å². The summed E-state index contributed by atoms with van der Waals surface area (Å²) in [7, 11) is 2.85. The topological polar surface area (TPSA) is 193 Å². The molecule has 480 valence electrons. The van der Waals surface area contributed by atoms with Gasteiger partial charge in [-0.3, -0.25) is 28.8 Å². The largest absolute Gasteiger partial charge is 0.496 e. The Bertz CT molecular complexity index is 2050. The van der Waals surface area contributed by atoms with Crippen molar-refractivity contribution < 1.29 is 71.5 Å². The van der Waals surface area contributed by atoms with Crippen LogP contribution < -0.4 is 9.47 Å². The van der Waals surface area contributed by atoms with Gasteiger partial charge < -0.3 is 37.9 Å². The number of ether oxygens (including phenoxy) is 8. The molecule has 0 radical (unpaired) electrons. The zero-order valence-corrected chi connectivity index (χ0v) is 54.2. The first-order valence-electron chi connectivity index (χ1n) is 33.0. The summed E-state index contributed by atoms with van der Waals surface area (Å²) in [6.07, 6.45) is 35.0. The van der Waals surface area contributed by atoms with Gasteiger partial charge >= 0.3 is 41.8 Å². The highest BCUT2D eigenvalue weighted by Crippen LogP contribution is 2.43. The summed E-state index contributed by atoms with van der Waals surface area (Å²) in [5.74, 6) is -3.98. The van der Waals surface area contributed by atoms with E-state index in [1.54, 1.807) is 13.8 Å². The monoisotopic (exact) mass is 1180 g/mol. The molecule has 0 fully saturated rings. The molecule has 4 unspecified atom stereocenters. The number of benzene rings is 1. The molecule has 15 nitrogen and oxygen atoms in total. The fraction of sp³-hybridized carbons (Fsp3) is 0.783. The highest BCUT2D eigenvalue weighted by atomic mass is 16.6. The van der Waals surface area contributed by atoms with E-state index in [-0.39, 0.29) is 99.6 Å². The first-order valence-corrected chi connectivity index (χ1v) is 33.0. The molecule has 1 aliphatic rings. The zero-order valence-electron chi connectivity index (χ0n) is 54.2. The van der Waals surface area contributed by atoms with Gasteiger partial charge in [-0.1, -0.05) is 207 Å². The predicted octanol–water partition coefficient (Wildman–Crippen LogP) is 16.6. The maximum Gasteiger partial charge on any atom is 0.342 e. The van der Waals surface area contributed by atoms with Gasteiger partial charge in [0.05, 0.1) is 32.7 Å². The lowest BCUT2D eigenvalue weighted by Gasteiger charge is -2.26. The third-order valence-corrected chi connectivity index (χ3v) is 16.8. The second-order valence-electron chi connectivity index (χ2n) is 24.0. The molecule has 0 aromatic heterocycles. The molecule has 0 aliphatic carbocycles. The number of esters is 7. The van der Waals surface area contributed by atoms with Crippen LogP contribution in [0, 0.1) is 30.6 Å². The van der Waals surface area contributed by atoms with E-state index < -0.39 is 41.8 Å². The third kappa shape index (κ3) is 32.0. The minimum absolute atomic E-state index is 0.00675. The van der Waals surface area contributed by atoms with Crippen molar-refractivity contribution in [3.05, 3.63) is 33.9 Å². The van der Waals surface area contributed by atoms with Crippen LogP contribution in [0.2, 0.25) is 0 Å². The average Bonchev–Trinajstić information content (AvgIpc) is 3.10. The lowest BCUT2D eigenvalue weighted by Crippen LogP contribution is -2.34. The van der Waals surface area contributed by atoms with Crippen molar-refractivity contribution >= 4 is 41.8 Å². The summed E-state index contributed by atoms with van der Waals surface area (Å²) in [5, 5.41) is 0. The SMILES string of the molecule is CCCCCCCCCCCCCCCC(=O)OCC(COC(=O)CCCCCCCCCCCCCCC)OC(=O)C(C)C(C)CC(C)C(C)C(=O)OCCCCC(=O)Oc1c(C/C=C(\C)CCC(=O)OC)c(OC)c(C)c2c1C(=O)OC2. The third-order valence-electron chi connectivity index (χ3n) is 16.8. The maximum atomic E-state index is 13.7. The second kappa shape index (κ2) is 46.3. The van der Waals surface area contributed by atoms with Crippen molar-refractivity contribution in [2.24, 2.45) is 23.7 Å². The van der Waals surface area contributed by atoms with Crippen molar-refractivity contribution in [2.45, 2.75) is 293 Å². The van der Waals surface area contributed by atoms with E-state index in [9.17, 15) is 33.6 Å². The molecular formula is C69H114O15. The van der Waals surface area contributed by atoms with Crippen LogP contribution in [-0.4, -0.2) is 81.9 Å². The highest BCUT2D eigenvalue weighted by molar-refractivity contribution is 5.99. The molecule has 2 rings (SSSR count). The quantitative estimate of drug-likeness (QED) is 0.0196. The number of cyclic esters (lactones) is 1. The van der Waals surface area contributed by atoms with Gasteiger partial charge in [0, 0.05) is 36.8 Å². The van der Waals surface area contributed by atoms with Gasteiger partial charge in [0.2, 0.25) is 0 Å². The number of allylic oxidation sites excluding steroid dienone is 2. The molecule has 0 bridgehead atoms. The van der Waals surface area contributed by atoms with Crippen LogP contribution in [-0.2, 0) is 70.2 Å². The van der Waals surface area contributed by atoms with Crippen LogP contribution in [0.15, 0.2) is 11.6 Å². The number of hydrogen-bond donors (Lipinski definition) is 0. The molecule has 1 heterocycles. The van der Waals surface area contributed by atoms with Crippen LogP contribution in [0.1, 0.15) is 294 Å². The molecule has 15 heteroatoms. The lowest BCUT2D eigenvalue weighted by molar-refractivity contribution is -0.170. The smallest absolute Gasteiger partial charge is 0.342 e. The molecule has 0 spiro atoms. The molecule has 0 amide bonds. The van der Waals surface area contributed by atoms with Crippen molar-refractivity contribution in [3.63, 3.8) is 0 Å². The van der Waals surface area contributed by atoms with Gasteiger partial charge in [-0.25, -0.2) is 4.79 Å². The standard InChI is InChI=1S/C69H114O15/c1-11-13-15-17-19-21-23-25-27-29-31-33-35-39-61(71)80-48-57(49-81-62(72)40-36-34-32-30-28-26-24-22-20-18-16-14-12-2)83-68(75)55(7)53(5)47-52(4)54(6)67(74)79-46-38-37-41-63(73)84-66-58(44-42-51(3)43-45-60(70)77-9)65(78-10)56(8)59-50-82-69(76)64(59)66/h42,52-55,57H,11-41,43-50H2,1-10H3/b51-42+. The number of methoxy groups -OCH3 is 2. The van der Waals surface area contributed by atoms with E-state index in [0.29, 0.717) is 48.1 Å². The van der Waals surface area contributed by atoms with E-state index in [1.807, 2.05) is 33.8 Å². The summed E-state index contributed by atoms with van der Waals surface area (Å²) < 4.78 is 44.6. The first-order chi connectivity index (χ1) is 40.5. The van der Waals surface area contributed by atoms with E-state index in [2.05, 4.69) is 13.8 Å². The Hall–Kier alpha value is -4.95. The predicted molar refractivity (Wildman–Crippen MR) is 330 cm³/mol. The summed E-state index contributed by atoms with van der Waals surface area (Å²) in [4.78, 5) is 90.8. The Morgan fingerprint density at radius 1 is 0.524 bits per heavy atom. The van der Waals surface area contributed by atoms with Crippen molar-refractivity contribution in [1.29, 1.82) is 0 Å². The Labute approximate surface area is 507 Å². The Kier molecular flexibility index (Phi) is 41.4. The molecule has 0 N–H and O–H groups in total. The van der Waals surface area contributed by atoms with E-state index in [0.717, 1.165) is 56.9 Å². The lowest BCUT2D eigenvalue weighted by atomic mass is 9.82. The fourth-order valence-corrected chi connectivity index (χ4v) is 10.7. The molecule has 4 atom stereocenters. The minimum Gasteiger partial charge on any atom is -0.496 e. The molecule has 84 heavy (non-hydrogen) atoms. The molecule has 1 aliphatic heterocycles. The van der Waals surface area contributed by atoms with Crippen LogP contribution >= 0.6 is 0 Å². The average molecular weight is 1180 g/mol. The summed E-state index contributed by atoms with van der Waals surface area (Å²) in [6.45, 7) is 15.3. The summed E-state index contributed by atoms with van der Waals surface area (Å²) in [6, 6.07) is 0. The number of carbonyl (C=O) groups is 7. The summed E-state index contributed by atoms with van der Waals surface area (Å²) >= 11 is 0. The molecular weight excluding hydrogens is 1070 g/mol. The van der Waals surface area contributed by atoms with Crippen molar-refractivity contribution in [3.8, 4) is 11.5 Å². The van der Waals surface area contributed by atoms with Crippen LogP contribution in [0.5, 0.6) is 11.5 Å². The van der Waals surface area contributed by atoms with Gasteiger partial charge in [0.15, 0.2) is 11.9 Å². The first kappa shape index (κ1) is 75.1. The van der Waals surface area contributed by atoms with Crippen LogP contribution in [0.25, 0.3) is 0 Å².